The Labute approximate surface area is 84.1 Å². The quantitative estimate of drug-likeness (QED) is 0.609. The molecule has 0 saturated heterocycles. The van der Waals surface area contributed by atoms with Crippen molar-refractivity contribution in [3.05, 3.63) is 46.9 Å². The zero-order valence-corrected chi connectivity index (χ0v) is 8.84. The largest absolute Gasteiger partial charge is 0.130 e. The van der Waals surface area contributed by atoms with Crippen molar-refractivity contribution in [1.82, 2.24) is 0 Å². The van der Waals surface area contributed by atoms with Crippen molar-refractivity contribution in [1.29, 1.82) is 0 Å². The lowest BCUT2D eigenvalue weighted by Gasteiger charge is -2.25. The standard InChI is InChI=1S/C12H14S/c1-9-4-3-5-10-8-11(13-2)6-7-12(9)10/h3-9,12H,1-2H3. The van der Waals surface area contributed by atoms with E-state index in [1.807, 2.05) is 11.8 Å². The monoisotopic (exact) mass is 190 g/mol. The van der Waals surface area contributed by atoms with E-state index in [9.17, 15) is 0 Å². The second-order valence-corrected chi connectivity index (χ2v) is 4.43. The van der Waals surface area contributed by atoms with E-state index in [1.54, 1.807) is 0 Å². The molecule has 2 atom stereocenters. The van der Waals surface area contributed by atoms with Crippen molar-refractivity contribution >= 4 is 11.8 Å². The van der Waals surface area contributed by atoms with Gasteiger partial charge in [0, 0.05) is 10.8 Å². The maximum atomic E-state index is 2.33. The normalized spacial score (nSPS) is 30.9. The molecule has 68 valence electrons. The number of allylic oxidation sites excluding steroid dienone is 7. The van der Waals surface area contributed by atoms with Crippen molar-refractivity contribution in [3.63, 3.8) is 0 Å². The first kappa shape index (κ1) is 8.89. The Balaban J connectivity index is 2.31. The number of hydrogen-bond donors (Lipinski definition) is 0. The van der Waals surface area contributed by atoms with E-state index in [-0.39, 0.29) is 0 Å². The van der Waals surface area contributed by atoms with E-state index in [0.29, 0.717) is 11.8 Å². The van der Waals surface area contributed by atoms with Crippen LogP contribution in [0.5, 0.6) is 0 Å². The predicted molar refractivity (Wildman–Crippen MR) is 60.6 cm³/mol. The highest BCUT2D eigenvalue weighted by Gasteiger charge is 2.20. The molecule has 0 N–H and O–H groups in total. The van der Waals surface area contributed by atoms with Gasteiger partial charge in [-0.25, -0.2) is 0 Å². The third kappa shape index (κ3) is 1.66. The van der Waals surface area contributed by atoms with Gasteiger partial charge in [0.1, 0.15) is 0 Å². The molecule has 0 heterocycles. The Morgan fingerprint density at radius 3 is 2.92 bits per heavy atom. The summed E-state index contributed by atoms with van der Waals surface area (Å²) in [6.07, 6.45) is 15.7. The van der Waals surface area contributed by atoms with Crippen molar-refractivity contribution in [3.8, 4) is 0 Å². The highest BCUT2D eigenvalue weighted by molar-refractivity contribution is 8.02. The van der Waals surface area contributed by atoms with E-state index in [0.717, 1.165) is 0 Å². The average Bonchev–Trinajstić information content (AvgIpc) is 2.18. The molecule has 0 aromatic carbocycles. The fourth-order valence-electron chi connectivity index (χ4n) is 1.84. The Morgan fingerprint density at radius 1 is 1.31 bits per heavy atom. The summed E-state index contributed by atoms with van der Waals surface area (Å²) in [6, 6.07) is 0. The van der Waals surface area contributed by atoms with Crippen LogP contribution in [-0.2, 0) is 0 Å². The van der Waals surface area contributed by atoms with Crippen molar-refractivity contribution in [2.75, 3.05) is 6.26 Å². The molecular formula is C12H14S. The molecule has 0 amide bonds. The molecule has 2 unspecified atom stereocenters. The van der Waals surface area contributed by atoms with E-state index in [2.05, 4.69) is 49.6 Å². The van der Waals surface area contributed by atoms with Gasteiger partial charge in [0.2, 0.25) is 0 Å². The van der Waals surface area contributed by atoms with Crippen molar-refractivity contribution in [2.45, 2.75) is 6.92 Å². The van der Waals surface area contributed by atoms with Crippen molar-refractivity contribution < 1.29 is 0 Å². The lowest BCUT2D eigenvalue weighted by molar-refractivity contribution is 0.582. The molecule has 2 rings (SSSR count). The summed E-state index contributed by atoms with van der Waals surface area (Å²) in [5.41, 5.74) is 1.46. The van der Waals surface area contributed by atoms with E-state index in [4.69, 9.17) is 0 Å². The molecular weight excluding hydrogens is 176 g/mol. The first-order chi connectivity index (χ1) is 6.31. The second-order valence-electron chi connectivity index (χ2n) is 3.55. The molecule has 2 aliphatic rings. The van der Waals surface area contributed by atoms with Crippen molar-refractivity contribution in [2.24, 2.45) is 11.8 Å². The zero-order chi connectivity index (χ0) is 9.26. The summed E-state index contributed by atoms with van der Waals surface area (Å²) in [7, 11) is 0. The van der Waals surface area contributed by atoms with Gasteiger partial charge in [-0.15, -0.1) is 11.8 Å². The maximum Gasteiger partial charge on any atom is 0.00821 e. The molecule has 0 fully saturated rings. The summed E-state index contributed by atoms with van der Waals surface area (Å²) in [5.74, 6) is 1.26. The number of hydrogen-bond acceptors (Lipinski definition) is 1. The van der Waals surface area contributed by atoms with Crippen LogP contribution >= 0.6 is 11.8 Å². The van der Waals surface area contributed by atoms with Crippen LogP contribution in [0.15, 0.2) is 46.9 Å². The number of rotatable bonds is 1. The minimum Gasteiger partial charge on any atom is -0.130 e. The van der Waals surface area contributed by atoms with E-state index in [1.165, 1.54) is 10.5 Å². The molecule has 0 aromatic heterocycles. The molecule has 0 bridgehead atoms. The van der Waals surface area contributed by atoms with Crippen LogP contribution in [0.2, 0.25) is 0 Å². The minimum absolute atomic E-state index is 0.612. The first-order valence-electron chi connectivity index (χ1n) is 4.63. The number of fused-ring (bicyclic) bond motifs is 1. The summed E-state index contributed by atoms with van der Waals surface area (Å²) in [5, 5.41) is 0. The van der Waals surface area contributed by atoms with Crippen LogP contribution < -0.4 is 0 Å². The van der Waals surface area contributed by atoms with Gasteiger partial charge in [-0.2, -0.15) is 0 Å². The molecule has 0 radical (unpaired) electrons. The van der Waals surface area contributed by atoms with Crippen LogP contribution in [0.3, 0.4) is 0 Å². The van der Waals surface area contributed by atoms with Crippen LogP contribution in [0.4, 0.5) is 0 Å². The summed E-state index contributed by atoms with van der Waals surface area (Å²) in [6.45, 7) is 2.27. The van der Waals surface area contributed by atoms with Gasteiger partial charge in [-0.1, -0.05) is 37.3 Å². The second kappa shape index (κ2) is 3.59. The Bertz CT molecular complexity index is 318. The van der Waals surface area contributed by atoms with E-state index < -0.39 is 0 Å². The van der Waals surface area contributed by atoms with Gasteiger partial charge >= 0.3 is 0 Å². The summed E-state index contributed by atoms with van der Waals surface area (Å²) >= 11 is 1.81. The fraction of sp³-hybridized carbons (Fsp3) is 0.333. The zero-order valence-electron chi connectivity index (χ0n) is 8.03. The molecule has 1 heteroatoms. The predicted octanol–water partition coefficient (Wildman–Crippen LogP) is 3.55. The lowest BCUT2D eigenvalue weighted by atomic mass is 9.81. The smallest absolute Gasteiger partial charge is 0.00821 e. The van der Waals surface area contributed by atoms with Crippen LogP contribution in [-0.4, -0.2) is 6.26 Å². The average molecular weight is 190 g/mol. The van der Waals surface area contributed by atoms with Crippen LogP contribution in [0, 0.1) is 11.8 Å². The molecule has 0 aromatic rings. The van der Waals surface area contributed by atoms with Gasteiger partial charge in [-0.3, -0.25) is 0 Å². The molecule has 0 saturated carbocycles. The van der Waals surface area contributed by atoms with E-state index >= 15 is 0 Å². The third-order valence-corrected chi connectivity index (χ3v) is 3.39. The van der Waals surface area contributed by atoms with Gasteiger partial charge in [-0.05, 0) is 23.8 Å². The highest BCUT2D eigenvalue weighted by Crippen LogP contribution is 2.34. The van der Waals surface area contributed by atoms with Crippen LogP contribution in [0.1, 0.15) is 6.92 Å². The fourth-order valence-corrected chi connectivity index (χ4v) is 2.31. The lowest BCUT2D eigenvalue weighted by Crippen LogP contribution is -2.13. The Morgan fingerprint density at radius 2 is 2.15 bits per heavy atom. The molecule has 0 nitrogen and oxygen atoms in total. The third-order valence-electron chi connectivity index (χ3n) is 2.67. The van der Waals surface area contributed by atoms with Crippen LogP contribution in [0.25, 0.3) is 0 Å². The highest BCUT2D eigenvalue weighted by atomic mass is 32.2. The van der Waals surface area contributed by atoms with Gasteiger partial charge in [0.15, 0.2) is 0 Å². The summed E-state index contributed by atoms with van der Waals surface area (Å²) < 4.78 is 0. The Kier molecular flexibility index (Phi) is 2.45. The Hall–Kier alpha value is -0.690. The SMILES string of the molecule is CSC1=CC2=CC=CC(C)C2C=C1. The van der Waals surface area contributed by atoms with Gasteiger partial charge in [0.05, 0.1) is 0 Å². The first-order valence-corrected chi connectivity index (χ1v) is 5.86. The minimum atomic E-state index is 0.612. The maximum absolute atomic E-state index is 2.33. The van der Waals surface area contributed by atoms with Gasteiger partial charge < -0.3 is 0 Å². The van der Waals surface area contributed by atoms with Gasteiger partial charge in [0.25, 0.3) is 0 Å². The topological polar surface area (TPSA) is 0 Å². The molecule has 0 spiro atoms. The number of thioether (sulfide) groups is 1. The molecule has 13 heavy (non-hydrogen) atoms. The molecule has 2 aliphatic carbocycles. The molecule has 0 aliphatic heterocycles. The summed E-state index contributed by atoms with van der Waals surface area (Å²) in [4.78, 5) is 1.37.